The third-order valence-corrected chi connectivity index (χ3v) is 3.88. The van der Waals surface area contributed by atoms with Crippen LogP contribution in [0.4, 0.5) is 17.2 Å². The maximum absolute atomic E-state index is 12.3. The number of hydrogen-bond donors (Lipinski definition) is 2. The van der Waals surface area contributed by atoms with Crippen molar-refractivity contribution in [2.45, 2.75) is 13.8 Å². The highest BCUT2D eigenvalue weighted by Gasteiger charge is 2.10. The Bertz CT molecular complexity index is 892. The Hall–Kier alpha value is -2.92. The molecule has 0 fully saturated rings. The van der Waals surface area contributed by atoms with E-state index in [0.29, 0.717) is 16.5 Å². The highest BCUT2D eigenvalue weighted by atomic mass is 35.5. The zero-order valence-corrected chi connectivity index (χ0v) is 14.6. The number of nitrogens with zero attached hydrogens (tertiary/aromatic N) is 2. The maximum Gasteiger partial charge on any atom is 0.275 e. The fourth-order valence-corrected chi connectivity index (χ4v) is 2.47. The summed E-state index contributed by atoms with van der Waals surface area (Å²) in [7, 11) is 0. The first-order chi connectivity index (χ1) is 12.0. The zero-order chi connectivity index (χ0) is 17.8. The number of hydrogen-bond acceptors (Lipinski definition) is 4. The van der Waals surface area contributed by atoms with E-state index in [0.717, 1.165) is 11.3 Å². The summed E-state index contributed by atoms with van der Waals surface area (Å²) in [5, 5.41) is 6.58. The van der Waals surface area contributed by atoms with E-state index >= 15 is 0 Å². The normalized spacial score (nSPS) is 10.4. The van der Waals surface area contributed by atoms with Crippen LogP contribution in [0.3, 0.4) is 0 Å². The summed E-state index contributed by atoms with van der Waals surface area (Å²) in [6.45, 7) is 3.90. The van der Waals surface area contributed by atoms with Crippen LogP contribution in [0.5, 0.6) is 0 Å². The second-order valence-corrected chi connectivity index (χ2v) is 6.13. The number of amides is 1. The van der Waals surface area contributed by atoms with Gasteiger partial charge in [-0.2, -0.15) is 0 Å². The average Bonchev–Trinajstić information content (AvgIpc) is 2.60. The molecular formula is C19H17ClN4O. The third kappa shape index (κ3) is 4.33. The molecule has 0 bridgehead atoms. The van der Waals surface area contributed by atoms with Crippen LogP contribution in [-0.2, 0) is 0 Å². The van der Waals surface area contributed by atoms with Crippen LogP contribution in [-0.4, -0.2) is 15.9 Å². The molecule has 0 aliphatic rings. The van der Waals surface area contributed by atoms with E-state index in [1.54, 1.807) is 18.2 Å². The Labute approximate surface area is 151 Å². The lowest BCUT2D eigenvalue weighted by Gasteiger charge is -2.09. The van der Waals surface area contributed by atoms with Crippen molar-refractivity contribution in [3.05, 3.63) is 76.7 Å². The summed E-state index contributed by atoms with van der Waals surface area (Å²) < 4.78 is 0. The third-order valence-electron chi connectivity index (χ3n) is 3.65. The van der Waals surface area contributed by atoms with E-state index in [1.165, 1.54) is 18.0 Å². The van der Waals surface area contributed by atoms with Gasteiger partial charge < -0.3 is 10.6 Å². The smallest absolute Gasteiger partial charge is 0.275 e. The van der Waals surface area contributed by atoms with Gasteiger partial charge in [0.1, 0.15) is 11.5 Å². The lowest BCUT2D eigenvalue weighted by molar-refractivity contribution is 0.102. The van der Waals surface area contributed by atoms with Gasteiger partial charge in [-0.15, -0.1) is 0 Å². The Kier molecular flexibility index (Phi) is 4.95. The van der Waals surface area contributed by atoms with Gasteiger partial charge in [0, 0.05) is 16.4 Å². The molecular weight excluding hydrogens is 336 g/mol. The number of halogens is 1. The molecule has 0 spiro atoms. The van der Waals surface area contributed by atoms with Crippen LogP contribution >= 0.6 is 11.6 Å². The molecule has 1 aromatic heterocycles. The van der Waals surface area contributed by atoms with Crippen molar-refractivity contribution < 1.29 is 4.79 Å². The number of rotatable bonds is 4. The number of carbonyl (C=O) groups is 1. The number of carbonyl (C=O) groups excluding carboxylic acids is 1. The summed E-state index contributed by atoms with van der Waals surface area (Å²) in [6.07, 6.45) is 2.97. The Balaban J connectivity index is 1.68. The number of benzene rings is 2. The molecule has 1 heterocycles. The van der Waals surface area contributed by atoms with Crippen molar-refractivity contribution in [2.24, 2.45) is 0 Å². The van der Waals surface area contributed by atoms with Gasteiger partial charge in [-0.05, 0) is 49.7 Å². The van der Waals surface area contributed by atoms with Gasteiger partial charge in [0.15, 0.2) is 0 Å². The van der Waals surface area contributed by atoms with Crippen LogP contribution in [0.15, 0.2) is 54.9 Å². The lowest BCUT2D eigenvalue weighted by atomic mass is 10.2. The van der Waals surface area contributed by atoms with Gasteiger partial charge in [-0.25, -0.2) is 9.97 Å². The summed E-state index contributed by atoms with van der Waals surface area (Å²) >= 11 is 5.92. The number of anilines is 3. The van der Waals surface area contributed by atoms with Crippen LogP contribution in [0.2, 0.25) is 5.02 Å². The molecule has 0 atom stereocenters. The largest absolute Gasteiger partial charge is 0.339 e. The molecule has 5 nitrogen and oxygen atoms in total. The van der Waals surface area contributed by atoms with E-state index in [9.17, 15) is 4.79 Å². The Morgan fingerprint density at radius 3 is 2.40 bits per heavy atom. The second-order valence-electron chi connectivity index (χ2n) is 5.69. The molecule has 3 aromatic rings. The summed E-state index contributed by atoms with van der Waals surface area (Å²) in [5.41, 5.74) is 3.91. The fourth-order valence-electron chi connectivity index (χ4n) is 2.25. The molecule has 0 aliphatic heterocycles. The molecule has 25 heavy (non-hydrogen) atoms. The predicted molar refractivity (Wildman–Crippen MR) is 101 cm³/mol. The van der Waals surface area contributed by atoms with Crippen LogP contribution < -0.4 is 10.6 Å². The Morgan fingerprint density at radius 2 is 1.76 bits per heavy atom. The predicted octanol–water partition coefficient (Wildman–Crippen LogP) is 4.74. The van der Waals surface area contributed by atoms with E-state index in [4.69, 9.17) is 11.6 Å². The van der Waals surface area contributed by atoms with E-state index in [1.807, 2.05) is 38.1 Å². The SMILES string of the molecule is Cc1ccc(Nc2cnc(C(=O)Nc3ccc(Cl)cc3C)cn2)cc1. The number of nitrogens with one attached hydrogen (secondary N) is 2. The molecule has 0 unspecified atom stereocenters. The van der Waals surface area contributed by atoms with Crippen molar-refractivity contribution in [1.82, 2.24) is 9.97 Å². The quantitative estimate of drug-likeness (QED) is 0.711. The summed E-state index contributed by atoms with van der Waals surface area (Å²) in [4.78, 5) is 20.7. The minimum atomic E-state index is -0.320. The van der Waals surface area contributed by atoms with Crippen LogP contribution in [0, 0.1) is 13.8 Å². The van der Waals surface area contributed by atoms with Crippen molar-refractivity contribution >= 4 is 34.7 Å². The highest BCUT2D eigenvalue weighted by molar-refractivity contribution is 6.30. The van der Waals surface area contributed by atoms with Gasteiger partial charge in [0.05, 0.1) is 12.4 Å². The van der Waals surface area contributed by atoms with Crippen molar-refractivity contribution in [3.63, 3.8) is 0 Å². The molecule has 3 rings (SSSR count). The van der Waals surface area contributed by atoms with Crippen LogP contribution in [0.25, 0.3) is 0 Å². The molecule has 0 saturated carbocycles. The second kappa shape index (κ2) is 7.32. The van der Waals surface area contributed by atoms with Gasteiger partial charge >= 0.3 is 0 Å². The van der Waals surface area contributed by atoms with E-state index in [-0.39, 0.29) is 11.6 Å². The monoisotopic (exact) mass is 352 g/mol. The van der Waals surface area contributed by atoms with Gasteiger partial charge in [-0.1, -0.05) is 29.3 Å². The first-order valence-electron chi connectivity index (χ1n) is 7.74. The summed E-state index contributed by atoms with van der Waals surface area (Å²) in [6, 6.07) is 13.2. The van der Waals surface area contributed by atoms with Crippen LogP contribution in [0.1, 0.15) is 21.6 Å². The molecule has 0 aliphatic carbocycles. The molecule has 6 heteroatoms. The topological polar surface area (TPSA) is 66.9 Å². The van der Waals surface area contributed by atoms with Crippen molar-refractivity contribution in [2.75, 3.05) is 10.6 Å². The molecule has 1 amide bonds. The average molecular weight is 353 g/mol. The molecule has 0 radical (unpaired) electrons. The first kappa shape index (κ1) is 16.9. The van der Waals surface area contributed by atoms with Crippen molar-refractivity contribution in [3.8, 4) is 0 Å². The molecule has 0 saturated heterocycles. The number of aromatic nitrogens is 2. The minimum Gasteiger partial charge on any atom is -0.339 e. The maximum atomic E-state index is 12.3. The Morgan fingerprint density at radius 1 is 1.00 bits per heavy atom. The van der Waals surface area contributed by atoms with Gasteiger partial charge in [0.2, 0.25) is 0 Å². The van der Waals surface area contributed by atoms with Gasteiger partial charge in [0.25, 0.3) is 5.91 Å². The van der Waals surface area contributed by atoms with E-state index in [2.05, 4.69) is 20.6 Å². The number of aryl methyl sites for hydroxylation is 2. The van der Waals surface area contributed by atoms with Gasteiger partial charge in [-0.3, -0.25) is 4.79 Å². The first-order valence-corrected chi connectivity index (χ1v) is 8.12. The minimum absolute atomic E-state index is 0.240. The standard InChI is InChI=1S/C19H17ClN4O/c1-12-3-6-15(7-4-12)23-18-11-21-17(10-22-18)19(25)24-16-8-5-14(20)9-13(16)2/h3-11H,1-2H3,(H,22,23)(H,24,25). The summed E-state index contributed by atoms with van der Waals surface area (Å²) in [5.74, 6) is 0.253. The molecule has 2 N–H and O–H groups in total. The van der Waals surface area contributed by atoms with E-state index < -0.39 is 0 Å². The zero-order valence-electron chi connectivity index (χ0n) is 13.9. The van der Waals surface area contributed by atoms with Crippen molar-refractivity contribution in [1.29, 1.82) is 0 Å². The molecule has 126 valence electrons. The molecule has 2 aromatic carbocycles. The highest BCUT2D eigenvalue weighted by Crippen LogP contribution is 2.20. The fraction of sp³-hybridized carbons (Fsp3) is 0.105. The lowest BCUT2D eigenvalue weighted by Crippen LogP contribution is -2.15.